The molecule has 2 aliphatic carbocycles. The van der Waals surface area contributed by atoms with Crippen molar-refractivity contribution in [2.45, 2.75) is 43.0 Å². The van der Waals surface area contributed by atoms with Crippen LogP contribution in [-0.4, -0.2) is 3.92 Å². The zero-order valence-electron chi connectivity index (χ0n) is 8.43. The lowest BCUT2D eigenvalue weighted by molar-refractivity contribution is 0.208. The quantitative estimate of drug-likeness (QED) is 0.356. The third-order valence-corrected chi connectivity index (χ3v) is 5.63. The summed E-state index contributed by atoms with van der Waals surface area (Å²) in [5.74, 6) is 2.63. The minimum atomic E-state index is 0.764. The molecule has 4 unspecified atom stereocenters. The molecular weight excluding hydrogens is 271 g/mol. The van der Waals surface area contributed by atoms with Crippen LogP contribution in [0.2, 0.25) is 0 Å². The van der Waals surface area contributed by atoms with Gasteiger partial charge < -0.3 is 0 Å². The zero-order valence-corrected chi connectivity index (χ0v) is 10.6. The Morgan fingerprint density at radius 2 is 2.00 bits per heavy atom. The van der Waals surface area contributed by atoms with Gasteiger partial charge in [-0.05, 0) is 37.0 Å². The van der Waals surface area contributed by atoms with E-state index in [2.05, 4.69) is 36.1 Å². The summed E-state index contributed by atoms with van der Waals surface area (Å²) in [6.07, 6.45) is 7.25. The number of allylic oxidation sites excluding steroid dienone is 1. The SMILES string of the molecule is C=C1C(C)C(I)CC2CCCCC12. The van der Waals surface area contributed by atoms with Crippen LogP contribution in [0.15, 0.2) is 12.2 Å². The lowest BCUT2D eigenvalue weighted by atomic mass is 9.65. The van der Waals surface area contributed by atoms with E-state index in [0.29, 0.717) is 0 Å². The van der Waals surface area contributed by atoms with Crippen molar-refractivity contribution in [3.05, 3.63) is 12.2 Å². The van der Waals surface area contributed by atoms with E-state index in [1.165, 1.54) is 32.1 Å². The third-order valence-electron chi connectivity index (χ3n) is 4.04. The number of alkyl halides is 1. The van der Waals surface area contributed by atoms with Crippen molar-refractivity contribution in [2.75, 3.05) is 0 Å². The number of hydrogen-bond donors (Lipinski definition) is 0. The molecule has 2 rings (SSSR count). The number of fused-ring (bicyclic) bond motifs is 1. The molecular formula is C12H19I. The molecule has 0 N–H and O–H groups in total. The van der Waals surface area contributed by atoms with Gasteiger partial charge in [0, 0.05) is 3.92 Å². The van der Waals surface area contributed by atoms with Gasteiger partial charge in [-0.3, -0.25) is 0 Å². The summed E-state index contributed by atoms with van der Waals surface area (Å²) < 4.78 is 0.851. The largest absolute Gasteiger partial charge is 0.0993 e. The van der Waals surface area contributed by atoms with Crippen LogP contribution in [0.25, 0.3) is 0 Å². The van der Waals surface area contributed by atoms with Gasteiger partial charge in [0.1, 0.15) is 0 Å². The number of hydrogen-bond acceptors (Lipinski definition) is 0. The summed E-state index contributed by atoms with van der Waals surface area (Å²) in [7, 11) is 0. The Bertz CT molecular complexity index is 209. The smallest absolute Gasteiger partial charge is 0.0175 e. The molecule has 2 aliphatic rings. The van der Waals surface area contributed by atoms with Gasteiger partial charge in [0.05, 0.1) is 0 Å². The van der Waals surface area contributed by atoms with Crippen LogP contribution >= 0.6 is 22.6 Å². The molecule has 0 amide bonds. The Balaban J connectivity index is 2.12. The molecule has 1 heteroatoms. The van der Waals surface area contributed by atoms with Gasteiger partial charge in [-0.2, -0.15) is 0 Å². The van der Waals surface area contributed by atoms with Crippen LogP contribution in [0.4, 0.5) is 0 Å². The summed E-state index contributed by atoms with van der Waals surface area (Å²) in [6, 6.07) is 0. The molecule has 0 spiro atoms. The standard InChI is InChI=1S/C12H19I/c1-8-9(2)12(13)7-10-5-3-4-6-11(8)10/h9-12H,1,3-7H2,2H3. The maximum atomic E-state index is 4.33. The van der Waals surface area contributed by atoms with E-state index in [-0.39, 0.29) is 0 Å². The minimum absolute atomic E-state index is 0.764. The Labute approximate surface area is 95.3 Å². The summed E-state index contributed by atoms with van der Waals surface area (Å²) in [6.45, 7) is 6.69. The second kappa shape index (κ2) is 3.92. The van der Waals surface area contributed by atoms with Crippen molar-refractivity contribution in [2.24, 2.45) is 17.8 Å². The van der Waals surface area contributed by atoms with Crippen LogP contribution in [0.3, 0.4) is 0 Å². The molecule has 0 nitrogen and oxygen atoms in total. The van der Waals surface area contributed by atoms with Crippen molar-refractivity contribution in [1.29, 1.82) is 0 Å². The maximum Gasteiger partial charge on any atom is 0.0175 e. The predicted molar refractivity (Wildman–Crippen MR) is 66.2 cm³/mol. The van der Waals surface area contributed by atoms with Gasteiger partial charge in [-0.1, -0.05) is 54.5 Å². The first kappa shape index (κ1) is 10.0. The highest BCUT2D eigenvalue weighted by Crippen LogP contribution is 2.47. The first-order valence-corrected chi connectivity index (χ1v) is 6.77. The lowest BCUT2D eigenvalue weighted by Gasteiger charge is -2.42. The molecule has 2 fully saturated rings. The Kier molecular flexibility index (Phi) is 3.01. The Hall–Kier alpha value is 0.470. The fourth-order valence-electron chi connectivity index (χ4n) is 3.04. The molecule has 0 aromatic carbocycles. The molecule has 4 atom stereocenters. The topological polar surface area (TPSA) is 0 Å². The van der Waals surface area contributed by atoms with Gasteiger partial charge in [-0.25, -0.2) is 0 Å². The second-order valence-electron chi connectivity index (χ2n) is 4.77. The van der Waals surface area contributed by atoms with Crippen molar-refractivity contribution < 1.29 is 0 Å². The van der Waals surface area contributed by atoms with Crippen LogP contribution in [0, 0.1) is 17.8 Å². The minimum Gasteiger partial charge on any atom is -0.0993 e. The highest BCUT2D eigenvalue weighted by Gasteiger charge is 2.37. The predicted octanol–water partition coefficient (Wildman–Crippen LogP) is 4.19. The Morgan fingerprint density at radius 3 is 2.77 bits per heavy atom. The zero-order chi connectivity index (χ0) is 9.42. The summed E-state index contributed by atoms with van der Waals surface area (Å²) in [4.78, 5) is 0. The van der Waals surface area contributed by atoms with Crippen molar-refractivity contribution >= 4 is 22.6 Å². The van der Waals surface area contributed by atoms with Crippen molar-refractivity contribution in [1.82, 2.24) is 0 Å². The first-order valence-electron chi connectivity index (χ1n) is 5.53. The van der Waals surface area contributed by atoms with E-state index in [9.17, 15) is 0 Å². The highest BCUT2D eigenvalue weighted by atomic mass is 127. The van der Waals surface area contributed by atoms with Crippen molar-refractivity contribution in [3.8, 4) is 0 Å². The van der Waals surface area contributed by atoms with Gasteiger partial charge in [-0.15, -0.1) is 0 Å². The normalized spacial score (nSPS) is 45.8. The average Bonchev–Trinajstić information content (AvgIpc) is 2.15. The highest BCUT2D eigenvalue weighted by molar-refractivity contribution is 14.1. The molecule has 0 saturated heterocycles. The second-order valence-corrected chi connectivity index (χ2v) is 6.37. The lowest BCUT2D eigenvalue weighted by Crippen LogP contribution is -2.34. The Morgan fingerprint density at radius 1 is 1.31 bits per heavy atom. The van der Waals surface area contributed by atoms with Gasteiger partial charge >= 0.3 is 0 Å². The molecule has 2 saturated carbocycles. The monoisotopic (exact) mass is 290 g/mol. The molecule has 0 aliphatic heterocycles. The molecule has 0 bridgehead atoms. The molecule has 13 heavy (non-hydrogen) atoms. The van der Waals surface area contributed by atoms with E-state index in [1.54, 1.807) is 5.57 Å². The molecule has 74 valence electrons. The van der Waals surface area contributed by atoms with Crippen LogP contribution in [0.5, 0.6) is 0 Å². The maximum absolute atomic E-state index is 4.33. The van der Waals surface area contributed by atoms with E-state index in [0.717, 1.165) is 21.7 Å². The number of halogens is 1. The third kappa shape index (κ3) is 1.81. The van der Waals surface area contributed by atoms with Gasteiger partial charge in [0.25, 0.3) is 0 Å². The fraction of sp³-hybridized carbons (Fsp3) is 0.833. The van der Waals surface area contributed by atoms with Gasteiger partial charge in [0.15, 0.2) is 0 Å². The van der Waals surface area contributed by atoms with Crippen molar-refractivity contribution in [3.63, 3.8) is 0 Å². The van der Waals surface area contributed by atoms with Crippen LogP contribution < -0.4 is 0 Å². The molecule has 0 aromatic rings. The first-order chi connectivity index (χ1) is 6.20. The van der Waals surface area contributed by atoms with E-state index in [4.69, 9.17) is 0 Å². The number of rotatable bonds is 0. The van der Waals surface area contributed by atoms with E-state index >= 15 is 0 Å². The summed E-state index contributed by atoms with van der Waals surface area (Å²) >= 11 is 2.63. The average molecular weight is 290 g/mol. The molecule has 0 radical (unpaired) electrons. The summed E-state index contributed by atoms with van der Waals surface area (Å²) in [5, 5.41) is 0. The van der Waals surface area contributed by atoms with Crippen LogP contribution in [-0.2, 0) is 0 Å². The molecule has 0 heterocycles. The van der Waals surface area contributed by atoms with E-state index in [1.807, 2.05) is 0 Å². The fourth-order valence-corrected chi connectivity index (χ4v) is 4.16. The van der Waals surface area contributed by atoms with Gasteiger partial charge in [0.2, 0.25) is 0 Å². The molecule has 0 aromatic heterocycles. The summed E-state index contributed by atoms with van der Waals surface area (Å²) in [5.41, 5.74) is 1.57. The van der Waals surface area contributed by atoms with E-state index < -0.39 is 0 Å². The van der Waals surface area contributed by atoms with Crippen LogP contribution in [0.1, 0.15) is 39.0 Å².